The molecule has 0 heterocycles. The first-order valence-corrected chi connectivity index (χ1v) is 6.18. The molecule has 1 unspecified atom stereocenters. The second kappa shape index (κ2) is 6.61. The summed E-state index contributed by atoms with van der Waals surface area (Å²) in [7, 11) is 1.61. The number of ether oxygens (including phenoxy) is 1. The molecule has 5 heteroatoms. The molecule has 1 amide bonds. The summed E-state index contributed by atoms with van der Waals surface area (Å²) >= 11 is 5.80. The van der Waals surface area contributed by atoms with E-state index >= 15 is 0 Å². The standard InChI is InChI=1S/C13H19ClN2O2/c1-8(2)12(7-18-3)16-13(17)10-5-4-9(14)6-11(10)15/h4-6,8,12H,7,15H2,1-3H3,(H,16,17). The first kappa shape index (κ1) is 14.8. The van der Waals surface area contributed by atoms with E-state index in [1.54, 1.807) is 25.3 Å². The van der Waals surface area contributed by atoms with Gasteiger partial charge in [-0.25, -0.2) is 0 Å². The largest absolute Gasteiger partial charge is 0.398 e. The van der Waals surface area contributed by atoms with Gasteiger partial charge in [-0.2, -0.15) is 0 Å². The van der Waals surface area contributed by atoms with Gasteiger partial charge in [-0.15, -0.1) is 0 Å². The number of halogens is 1. The van der Waals surface area contributed by atoms with Gasteiger partial charge in [-0.1, -0.05) is 25.4 Å². The molecule has 0 aliphatic carbocycles. The molecule has 0 fully saturated rings. The van der Waals surface area contributed by atoms with E-state index in [9.17, 15) is 4.79 Å². The Morgan fingerprint density at radius 2 is 2.17 bits per heavy atom. The molecular formula is C13H19ClN2O2. The normalized spacial score (nSPS) is 12.5. The fraction of sp³-hybridized carbons (Fsp3) is 0.462. The number of carbonyl (C=O) groups excluding carboxylic acids is 1. The highest BCUT2D eigenvalue weighted by atomic mass is 35.5. The first-order valence-electron chi connectivity index (χ1n) is 5.80. The molecule has 1 aromatic carbocycles. The highest BCUT2D eigenvalue weighted by Gasteiger charge is 2.18. The van der Waals surface area contributed by atoms with Crippen LogP contribution in [0.4, 0.5) is 5.69 Å². The molecule has 100 valence electrons. The number of nitrogen functional groups attached to an aromatic ring is 1. The monoisotopic (exact) mass is 270 g/mol. The molecule has 4 nitrogen and oxygen atoms in total. The number of anilines is 1. The molecule has 0 saturated heterocycles. The zero-order chi connectivity index (χ0) is 13.7. The highest BCUT2D eigenvalue weighted by Crippen LogP contribution is 2.18. The molecule has 1 rings (SSSR count). The Morgan fingerprint density at radius 1 is 1.50 bits per heavy atom. The van der Waals surface area contributed by atoms with Crippen LogP contribution < -0.4 is 11.1 Å². The van der Waals surface area contributed by atoms with Gasteiger partial charge in [-0.3, -0.25) is 4.79 Å². The lowest BCUT2D eigenvalue weighted by molar-refractivity contribution is 0.0867. The van der Waals surface area contributed by atoms with Crippen molar-refractivity contribution in [2.24, 2.45) is 5.92 Å². The fourth-order valence-corrected chi connectivity index (χ4v) is 1.75. The highest BCUT2D eigenvalue weighted by molar-refractivity contribution is 6.31. The summed E-state index contributed by atoms with van der Waals surface area (Å²) in [5, 5.41) is 3.42. The summed E-state index contributed by atoms with van der Waals surface area (Å²) in [5.74, 6) is 0.0716. The van der Waals surface area contributed by atoms with Crippen molar-refractivity contribution in [3.8, 4) is 0 Å². The minimum absolute atomic E-state index is 0.0439. The summed E-state index contributed by atoms with van der Waals surface area (Å²) in [6.07, 6.45) is 0. The molecule has 1 atom stereocenters. The second-order valence-electron chi connectivity index (χ2n) is 4.51. The Kier molecular flexibility index (Phi) is 5.44. The van der Waals surface area contributed by atoms with E-state index < -0.39 is 0 Å². The van der Waals surface area contributed by atoms with Crippen LogP contribution in [0.25, 0.3) is 0 Å². The zero-order valence-corrected chi connectivity index (χ0v) is 11.6. The maximum atomic E-state index is 12.1. The lowest BCUT2D eigenvalue weighted by Gasteiger charge is -2.21. The third-order valence-corrected chi connectivity index (χ3v) is 2.96. The minimum Gasteiger partial charge on any atom is -0.398 e. The van der Waals surface area contributed by atoms with Crippen LogP contribution in [0.2, 0.25) is 5.02 Å². The van der Waals surface area contributed by atoms with E-state index in [4.69, 9.17) is 22.1 Å². The Bertz CT molecular complexity index is 421. The van der Waals surface area contributed by atoms with Gasteiger partial charge in [0.15, 0.2) is 0 Å². The lowest BCUT2D eigenvalue weighted by Crippen LogP contribution is -2.41. The third-order valence-electron chi connectivity index (χ3n) is 2.73. The van der Waals surface area contributed by atoms with Crippen LogP contribution in [0, 0.1) is 5.92 Å². The Balaban J connectivity index is 2.80. The van der Waals surface area contributed by atoms with Crippen molar-refractivity contribution in [3.63, 3.8) is 0 Å². The number of hydrogen-bond donors (Lipinski definition) is 2. The molecule has 18 heavy (non-hydrogen) atoms. The molecule has 1 aromatic rings. The van der Waals surface area contributed by atoms with Gasteiger partial charge in [0.05, 0.1) is 18.2 Å². The summed E-state index contributed by atoms with van der Waals surface area (Å²) in [6.45, 7) is 4.52. The molecule has 0 aliphatic heterocycles. The SMILES string of the molecule is COCC(NC(=O)c1ccc(Cl)cc1N)C(C)C. The topological polar surface area (TPSA) is 64.3 Å². The number of hydrogen-bond acceptors (Lipinski definition) is 3. The smallest absolute Gasteiger partial charge is 0.253 e. The van der Waals surface area contributed by atoms with E-state index in [2.05, 4.69) is 5.32 Å². The molecule has 0 saturated carbocycles. The maximum Gasteiger partial charge on any atom is 0.253 e. The molecule has 0 aromatic heterocycles. The van der Waals surface area contributed by atoms with Crippen molar-refractivity contribution in [1.29, 1.82) is 0 Å². The van der Waals surface area contributed by atoms with Crippen molar-refractivity contribution in [1.82, 2.24) is 5.32 Å². The molecule has 0 spiro atoms. The minimum atomic E-state index is -0.208. The molecule has 0 radical (unpaired) electrons. The van der Waals surface area contributed by atoms with Crippen LogP contribution in [-0.4, -0.2) is 25.7 Å². The Hall–Kier alpha value is -1.26. The molecule has 0 bridgehead atoms. The third kappa shape index (κ3) is 3.89. The van der Waals surface area contributed by atoms with Crippen molar-refractivity contribution in [2.45, 2.75) is 19.9 Å². The van der Waals surface area contributed by atoms with Gasteiger partial charge in [0.25, 0.3) is 5.91 Å². The Labute approximate surface area is 112 Å². The van der Waals surface area contributed by atoms with Crippen LogP contribution in [0.1, 0.15) is 24.2 Å². The number of nitrogens with two attached hydrogens (primary N) is 1. The summed E-state index contributed by atoms with van der Waals surface area (Å²) in [5.41, 5.74) is 6.58. The van der Waals surface area contributed by atoms with Crippen molar-refractivity contribution in [3.05, 3.63) is 28.8 Å². The predicted molar refractivity (Wildman–Crippen MR) is 73.8 cm³/mol. The average molecular weight is 271 g/mol. The van der Waals surface area contributed by atoms with Gasteiger partial charge in [0, 0.05) is 17.8 Å². The second-order valence-corrected chi connectivity index (χ2v) is 4.95. The summed E-state index contributed by atoms with van der Waals surface area (Å²) < 4.78 is 5.08. The summed E-state index contributed by atoms with van der Waals surface area (Å²) in [6, 6.07) is 4.79. The number of nitrogens with one attached hydrogen (secondary N) is 1. The van der Waals surface area contributed by atoms with Crippen LogP contribution >= 0.6 is 11.6 Å². The molecule has 0 aliphatic rings. The number of rotatable bonds is 5. The van der Waals surface area contributed by atoms with Gasteiger partial charge < -0.3 is 15.8 Å². The number of methoxy groups -OCH3 is 1. The van der Waals surface area contributed by atoms with Crippen LogP contribution in [0.3, 0.4) is 0 Å². The van der Waals surface area contributed by atoms with E-state index in [1.165, 1.54) is 0 Å². The number of carbonyl (C=O) groups is 1. The van der Waals surface area contributed by atoms with E-state index in [0.717, 1.165) is 0 Å². The van der Waals surface area contributed by atoms with Gasteiger partial charge in [0.1, 0.15) is 0 Å². The predicted octanol–water partition coefficient (Wildman–Crippen LogP) is 2.32. The Morgan fingerprint density at radius 3 is 2.67 bits per heavy atom. The van der Waals surface area contributed by atoms with E-state index in [1.807, 2.05) is 13.8 Å². The molecule has 3 N–H and O–H groups in total. The quantitative estimate of drug-likeness (QED) is 0.807. The number of amides is 1. The van der Waals surface area contributed by atoms with Gasteiger partial charge >= 0.3 is 0 Å². The van der Waals surface area contributed by atoms with Crippen molar-refractivity contribution in [2.75, 3.05) is 19.5 Å². The van der Waals surface area contributed by atoms with Gasteiger partial charge in [0.2, 0.25) is 0 Å². The van der Waals surface area contributed by atoms with E-state index in [0.29, 0.717) is 22.9 Å². The van der Waals surface area contributed by atoms with Crippen molar-refractivity contribution < 1.29 is 9.53 Å². The number of benzene rings is 1. The lowest BCUT2D eigenvalue weighted by atomic mass is 10.0. The zero-order valence-electron chi connectivity index (χ0n) is 10.9. The van der Waals surface area contributed by atoms with Gasteiger partial charge in [-0.05, 0) is 24.1 Å². The fourth-order valence-electron chi connectivity index (χ4n) is 1.57. The first-order chi connectivity index (χ1) is 8.45. The van der Waals surface area contributed by atoms with Crippen LogP contribution in [0.15, 0.2) is 18.2 Å². The molecular weight excluding hydrogens is 252 g/mol. The maximum absolute atomic E-state index is 12.1. The van der Waals surface area contributed by atoms with E-state index in [-0.39, 0.29) is 17.9 Å². The van der Waals surface area contributed by atoms with Crippen LogP contribution in [-0.2, 0) is 4.74 Å². The summed E-state index contributed by atoms with van der Waals surface area (Å²) in [4.78, 5) is 12.1. The van der Waals surface area contributed by atoms with Crippen LogP contribution in [0.5, 0.6) is 0 Å². The van der Waals surface area contributed by atoms with Crippen molar-refractivity contribution >= 4 is 23.2 Å². The average Bonchev–Trinajstić information content (AvgIpc) is 2.27.